The van der Waals surface area contributed by atoms with Crippen molar-refractivity contribution in [2.45, 2.75) is 49.4 Å². The second kappa shape index (κ2) is 4.86. The standard InChI is InChI=1S/C12H22O4S/c1-17(14,15)11-3-2-6-12(11,13)9-10-4-7-16-8-5-10/h10-11,13H,2-9H2,1H3. The van der Waals surface area contributed by atoms with Gasteiger partial charge in [-0.1, -0.05) is 0 Å². The maximum absolute atomic E-state index is 11.7. The number of ether oxygens (including phenoxy) is 1. The number of hydrogen-bond acceptors (Lipinski definition) is 4. The first-order chi connectivity index (χ1) is 7.92. The van der Waals surface area contributed by atoms with Gasteiger partial charge in [0.25, 0.3) is 0 Å². The van der Waals surface area contributed by atoms with E-state index in [4.69, 9.17) is 4.74 Å². The molecular weight excluding hydrogens is 240 g/mol. The van der Waals surface area contributed by atoms with Crippen molar-refractivity contribution in [3.05, 3.63) is 0 Å². The Labute approximate surface area is 103 Å². The van der Waals surface area contributed by atoms with E-state index in [-0.39, 0.29) is 0 Å². The first-order valence-electron chi connectivity index (χ1n) is 6.41. The van der Waals surface area contributed by atoms with Crippen LogP contribution in [0, 0.1) is 5.92 Å². The Balaban J connectivity index is 2.06. The number of hydrogen-bond donors (Lipinski definition) is 1. The van der Waals surface area contributed by atoms with Crippen LogP contribution < -0.4 is 0 Å². The van der Waals surface area contributed by atoms with Crippen LogP contribution >= 0.6 is 0 Å². The van der Waals surface area contributed by atoms with Gasteiger partial charge in [0.2, 0.25) is 0 Å². The Morgan fingerprint density at radius 2 is 1.94 bits per heavy atom. The molecule has 2 unspecified atom stereocenters. The molecule has 1 N–H and O–H groups in total. The van der Waals surface area contributed by atoms with E-state index in [1.807, 2.05) is 0 Å². The predicted molar refractivity (Wildman–Crippen MR) is 65.6 cm³/mol. The molecule has 0 aromatic carbocycles. The van der Waals surface area contributed by atoms with Gasteiger partial charge >= 0.3 is 0 Å². The van der Waals surface area contributed by atoms with E-state index in [2.05, 4.69) is 0 Å². The summed E-state index contributed by atoms with van der Waals surface area (Å²) in [5.41, 5.74) is -0.990. The summed E-state index contributed by atoms with van der Waals surface area (Å²) in [6.07, 6.45) is 5.81. The summed E-state index contributed by atoms with van der Waals surface area (Å²) in [4.78, 5) is 0. The van der Waals surface area contributed by atoms with Gasteiger partial charge in [-0.15, -0.1) is 0 Å². The van der Waals surface area contributed by atoms with Crippen molar-refractivity contribution in [1.29, 1.82) is 0 Å². The summed E-state index contributed by atoms with van der Waals surface area (Å²) >= 11 is 0. The van der Waals surface area contributed by atoms with E-state index in [0.29, 0.717) is 25.2 Å². The van der Waals surface area contributed by atoms with Gasteiger partial charge in [-0.05, 0) is 44.4 Å². The van der Waals surface area contributed by atoms with Crippen LogP contribution in [-0.4, -0.2) is 43.8 Å². The van der Waals surface area contributed by atoms with Crippen LogP contribution in [0.4, 0.5) is 0 Å². The Kier molecular flexibility index (Phi) is 3.80. The van der Waals surface area contributed by atoms with Crippen LogP contribution in [0.5, 0.6) is 0 Å². The van der Waals surface area contributed by atoms with Crippen LogP contribution in [0.3, 0.4) is 0 Å². The number of aliphatic hydroxyl groups is 1. The first-order valence-corrected chi connectivity index (χ1v) is 8.36. The van der Waals surface area contributed by atoms with Gasteiger partial charge in [0.15, 0.2) is 9.84 Å². The highest BCUT2D eigenvalue weighted by molar-refractivity contribution is 7.91. The third kappa shape index (κ3) is 3.01. The van der Waals surface area contributed by atoms with E-state index < -0.39 is 20.7 Å². The van der Waals surface area contributed by atoms with Gasteiger partial charge in [-0.3, -0.25) is 0 Å². The molecule has 2 atom stereocenters. The molecule has 4 nitrogen and oxygen atoms in total. The molecule has 1 aliphatic carbocycles. The third-order valence-corrected chi connectivity index (χ3v) is 5.88. The van der Waals surface area contributed by atoms with Gasteiger partial charge in [-0.25, -0.2) is 8.42 Å². The quantitative estimate of drug-likeness (QED) is 0.828. The average Bonchev–Trinajstić information content (AvgIpc) is 2.61. The minimum Gasteiger partial charge on any atom is -0.389 e. The van der Waals surface area contributed by atoms with Crippen LogP contribution in [-0.2, 0) is 14.6 Å². The molecule has 2 fully saturated rings. The molecule has 1 saturated heterocycles. The minimum atomic E-state index is -3.14. The number of sulfone groups is 1. The summed E-state index contributed by atoms with van der Waals surface area (Å²) in [6.45, 7) is 1.48. The molecule has 1 saturated carbocycles. The first kappa shape index (κ1) is 13.3. The molecule has 2 aliphatic rings. The van der Waals surface area contributed by atoms with Crippen molar-refractivity contribution in [3.8, 4) is 0 Å². The van der Waals surface area contributed by atoms with Crippen LogP contribution in [0.2, 0.25) is 0 Å². The van der Waals surface area contributed by atoms with E-state index in [0.717, 1.165) is 32.5 Å². The van der Waals surface area contributed by atoms with E-state index >= 15 is 0 Å². The minimum absolute atomic E-state index is 0.413. The summed E-state index contributed by atoms with van der Waals surface area (Å²) in [7, 11) is -3.14. The molecule has 0 radical (unpaired) electrons. The molecule has 17 heavy (non-hydrogen) atoms. The second-order valence-corrected chi connectivity index (χ2v) is 7.80. The van der Waals surface area contributed by atoms with Crippen LogP contribution in [0.1, 0.15) is 38.5 Å². The van der Waals surface area contributed by atoms with Gasteiger partial charge < -0.3 is 9.84 Å². The smallest absolute Gasteiger partial charge is 0.153 e. The lowest BCUT2D eigenvalue weighted by molar-refractivity contribution is -0.00514. The maximum Gasteiger partial charge on any atom is 0.153 e. The summed E-state index contributed by atoms with van der Waals surface area (Å²) in [6, 6.07) is 0. The van der Waals surface area contributed by atoms with Crippen LogP contribution in [0.15, 0.2) is 0 Å². The van der Waals surface area contributed by atoms with Crippen molar-refractivity contribution in [3.63, 3.8) is 0 Å². The molecule has 0 amide bonds. The van der Waals surface area contributed by atoms with Crippen molar-refractivity contribution >= 4 is 9.84 Å². The maximum atomic E-state index is 11.7. The normalized spacial score (nSPS) is 36.2. The third-order valence-electron chi connectivity index (χ3n) is 4.18. The fourth-order valence-corrected chi connectivity index (χ4v) is 4.93. The predicted octanol–water partition coefficient (Wildman–Crippen LogP) is 1.13. The van der Waals surface area contributed by atoms with Crippen molar-refractivity contribution in [1.82, 2.24) is 0 Å². The largest absolute Gasteiger partial charge is 0.389 e. The number of rotatable bonds is 3. The average molecular weight is 262 g/mol. The Hall–Kier alpha value is -0.130. The van der Waals surface area contributed by atoms with E-state index in [9.17, 15) is 13.5 Å². The van der Waals surface area contributed by atoms with E-state index in [1.54, 1.807) is 0 Å². The Bertz CT molecular complexity index is 359. The van der Waals surface area contributed by atoms with Gasteiger partial charge in [0, 0.05) is 19.5 Å². The van der Waals surface area contributed by atoms with Crippen molar-refractivity contribution < 1.29 is 18.3 Å². The molecule has 0 bridgehead atoms. The second-order valence-electron chi connectivity index (χ2n) is 5.57. The summed E-state index contributed by atoms with van der Waals surface area (Å²) in [5.74, 6) is 0.413. The summed E-state index contributed by atoms with van der Waals surface area (Å²) in [5, 5.41) is 10.1. The molecular formula is C12H22O4S. The molecule has 100 valence electrons. The summed E-state index contributed by atoms with van der Waals surface area (Å²) < 4.78 is 28.7. The lowest BCUT2D eigenvalue weighted by Crippen LogP contribution is -2.44. The van der Waals surface area contributed by atoms with E-state index in [1.165, 1.54) is 6.26 Å². The van der Waals surface area contributed by atoms with Gasteiger partial charge in [0.05, 0.1) is 10.9 Å². The molecule has 0 spiro atoms. The SMILES string of the molecule is CS(=O)(=O)C1CCCC1(O)CC1CCOCC1. The Morgan fingerprint density at radius 3 is 2.53 bits per heavy atom. The topological polar surface area (TPSA) is 63.6 Å². The zero-order valence-corrected chi connectivity index (χ0v) is 11.2. The highest BCUT2D eigenvalue weighted by Gasteiger charge is 2.47. The van der Waals surface area contributed by atoms with Gasteiger partial charge in [-0.2, -0.15) is 0 Å². The lowest BCUT2D eigenvalue weighted by atomic mass is 9.85. The van der Waals surface area contributed by atoms with Crippen molar-refractivity contribution in [2.24, 2.45) is 5.92 Å². The molecule has 0 aromatic heterocycles. The molecule has 2 rings (SSSR count). The van der Waals surface area contributed by atoms with Crippen molar-refractivity contribution in [2.75, 3.05) is 19.5 Å². The fraction of sp³-hybridized carbons (Fsp3) is 1.00. The monoisotopic (exact) mass is 262 g/mol. The highest BCUT2D eigenvalue weighted by Crippen LogP contribution is 2.40. The molecule has 0 aromatic rings. The zero-order valence-electron chi connectivity index (χ0n) is 10.4. The zero-order chi connectivity index (χ0) is 12.5. The molecule has 1 aliphatic heterocycles. The van der Waals surface area contributed by atoms with Crippen LogP contribution in [0.25, 0.3) is 0 Å². The van der Waals surface area contributed by atoms with Gasteiger partial charge in [0.1, 0.15) is 0 Å². The Morgan fingerprint density at radius 1 is 1.29 bits per heavy atom. The molecule has 1 heterocycles. The lowest BCUT2D eigenvalue weighted by Gasteiger charge is -2.34. The fourth-order valence-electron chi connectivity index (χ4n) is 3.32. The highest BCUT2D eigenvalue weighted by atomic mass is 32.2. The molecule has 5 heteroatoms.